The van der Waals surface area contributed by atoms with E-state index in [1.54, 1.807) is 29.4 Å². The lowest BCUT2D eigenvalue weighted by molar-refractivity contribution is 0.437. The first-order valence-electron chi connectivity index (χ1n) is 6.85. The van der Waals surface area contributed by atoms with Crippen LogP contribution >= 0.6 is 23.1 Å². The Kier molecular flexibility index (Phi) is 4.10. The molecule has 0 saturated heterocycles. The maximum Gasteiger partial charge on any atom is 0.126 e. The van der Waals surface area contributed by atoms with Crippen LogP contribution in [-0.2, 0) is 0 Å². The second-order valence-electron chi connectivity index (χ2n) is 5.37. The number of hydrogen-bond acceptors (Lipinski definition) is 6. The minimum absolute atomic E-state index is 1.03. The summed E-state index contributed by atoms with van der Waals surface area (Å²) >= 11 is 3.50. The highest BCUT2D eigenvalue weighted by molar-refractivity contribution is 7.99. The van der Waals surface area contributed by atoms with Crippen LogP contribution in [-0.4, -0.2) is 46.2 Å². The summed E-state index contributed by atoms with van der Waals surface area (Å²) in [7, 11) is 4.18. The molecular weight excluding hydrogens is 300 g/mol. The van der Waals surface area contributed by atoms with E-state index in [0.717, 1.165) is 38.1 Å². The standard InChI is InChI=1S/C15H18N4S2/c1-9-7-10(2)18-14-11(9)12-13(21-14)15(17-8-16-12)20-6-5-19(3)4/h7-8H,5-6H2,1-4H3. The van der Waals surface area contributed by atoms with Gasteiger partial charge in [-0.25, -0.2) is 15.0 Å². The third kappa shape index (κ3) is 2.88. The smallest absolute Gasteiger partial charge is 0.126 e. The number of thiophene rings is 1. The van der Waals surface area contributed by atoms with E-state index < -0.39 is 0 Å². The van der Waals surface area contributed by atoms with Crippen molar-refractivity contribution in [1.82, 2.24) is 19.9 Å². The van der Waals surface area contributed by atoms with E-state index in [0.29, 0.717) is 0 Å². The summed E-state index contributed by atoms with van der Waals surface area (Å²) in [5, 5.41) is 2.25. The molecule has 0 aliphatic rings. The summed E-state index contributed by atoms with van der Waals surface area (Å²) in [4.78, 5) is 16.9. The fourth-order valence-electron chi connectivity index (χ4n) is 2.32. The van der Waals surface area contributed by atoms with E-state index in [1.807, 2.05) is 6.92 Å². The van der Waals surface area contributed by atoms with Crippen LogP contribution in [0.3, 0.4) is 0 Å². The number of aromatic nitrogens is 3. The highest BCUT2D eigenvalue weighted by atomic mass is 32.2. The predicted molar refractivity (Wildman–Crippen MR) is 91.5 cm³/mol. The summed E-state index contributed by atoms with van der Waals surface area (Å²) in [6.07, 6.45) is 1.67. The molecule has 0 aliphatic carbocycles. The monoisotopic (exact) mass is 318 g/mol. The number of nitrogens with zero attached hydrogens (tertiary/aromatic N) is 4. The number of pyridine rings is 1. The first-order chi connectivity index (χ1) is 10.1. The molecule has 3 heterocycles. The van der Waals surface area contributed by atoms with E-state index in [2.05, 4.69) is 46.9 Å². The van der Waals surface area contributed by atoms with Crippen LogP contribution in [0.15, 0.2) is 17.4 Å². The lowest BCUT2D eigenvalue weighted by Gasteiger charge is -2.08. The average Bonchev–Trinajstić information content (AvgIpc) is 2.77. The van der Waals surface area contributed by atoms with Crippen molar-refractivity contribution in [2.45, 2.75) is 18.9 Å². The SMILES string of the molecule is Cc1cc(C)c2c(n1)sc1c(SCCN(C)C)ncnc12. The molecule has 0 unspecified atom stereocenters. The first-order valence-corrected chi connectivity index (χ1v) is 8.65. The molecule has 0 fully saturated rings. The quantitative estimate of drug-likeness (QED) is 0.544. The van der Waals surface area contributed by atoms with Crippen LogP contribution in [0.5, 0.6) is 0 Å². The molecule has 0 radical (unpaired) electrons. The Morgan fingerprint density at radius 3 is 2.81 bits per heavy atom. The van der Waals surface area contributed by atoms with Crippen molar-refractivity contribution in [2.75, 3.05) is 26.4 Å². The molecule has 3 aromatic heterocycles. The summed E-state index contributed by atoms with van der Waals surface area (Å²) in [5.41, 5.74) is 3.34. The van der Waals surface area contributed by atoms with Crippen molar-refractivity contribution in [3.05, 3.63) is 23.7 Å². The van der Waals surface area contributed by atoms with Gasteiger partial charge in [0.1, 0.15) is 16.2 Å². The Morgan fingerprint density at radius 2 is 2.05 bits per heavy atom. The van der Waals surface area contributed by atoms with Gasteiger partial charge in [0.15, 0.2) is 0 Å². The Labute approximate surface area is 132 Å². The van der Waals surface area contributed by atoms with Crippen molar-refractivity contribution in [3.8, 4) is 0 Å². The van der Waals surface area contributed by atoms with Gasteiger partial charge in [-0.2, -0.15) is 0 Å². The van der Waals surface area contributed by atoms with Gasteiger partial charge in [-0.15, -0.1) is 23.1 Å². The number of rotatable bonds is 4. The predicted octanol–water partition coefficient (Wildman–Crippen LogP) is 3.51. The van der Waals surface area contributed by atoms with Gasteiger partial charge in [-0.3, -0.25) is 0 Å². The normalized spacial score (nSPS) is 11.9. The van der Waals surface area contributed by atoms with E-state index in [9.17, 15) is 0 Å². The topological polar surface area (TPSA) is 41.9 Å². The third-order valence-corrected chi connectivity index (χ3v) is 5.47. The Hall–Kier alpha value is -1.24. The van der Waals surface area contributed by atoms with E-state index in [1.165, 1.54) is 10.9 Å². The molecule has 4 nitrogen and oxygen atoms in total. The minimum atomic E-state index is 1.03. The van der Waals surface area contributed by atoms with Crippen molar-refractivity contribution in [1.29, 1.82) is 0 Å². The minimum Gasteiger partial charge on any atom is -0.309 e. The summed E-state index contributed by atoms with van der Waals surface area (Å²) in [6, 6.07) is 2.12. The fourth-order valence-corrected chi connectivity index (χ4v) is 4.75. The van der Waals surface area contributed by atoms with E-state index in [4.69, 9.17) is 0 Å². The molecule has 21 heavy (non-hydrogen) atoms. The highest BCUT2D eigenvalue weighted by Gasteiger charge is 2.14. The van der Waals surface area contributed by atoms with Gasteiger partial charge in [0.25, 0.3) is 0 Å². The molecular formula is C15H18N4S2. The Morgan fingerprint density at radius 1 is 1.24 bits per heavy atom. The zero-order valence-corrected chi connectivity index (χ0v) is 14.3. The van der Waals surface area contributed by atoms with Gasteiger partial charge in [0, 0.05) is 23.4 Å². The first kappa shape index (κ1) is 14.7. The van der Waals surface area contributed by atoms with Gasteiger partial charge in [-0.05, 0) is 39.6 Å². The molecule has 0 spiro atoms. The van der Waals surface area contributed by atoms with E-state index >= 15 is 0 Å². The largest absolute Gasteiger partial charge is 0.309 e. The van der Waals surface area contributed by atoms with Crippen LogP contribution in [0.2, 0.25) is 0 Å². The Bertz CT molecular complexity index is 795. The van der Waals surface area contributed by atoms with Gasteiger partial charge >= 0.3 is 0 Å². The second-order valence-corrected chi connectivity index (χ2v) is 7.45. The Balaban J connectivity index is 2.09. The van der Waals surface area contributed by atoms with Gasteiger partial charge in [-0.1, -0.05) is 0 Å². The van der Waals surface area contributed by atoms with Crippen LogP contribution in [0.4, 0.5) is 0 Å². The molecule has 3 aromatic rings. The van der Waals surface area contributed by atoms with Gasteiger partial charge in [0.05, 0.1) is 10.2 Å². The van der Waals surface area contributed by atoms with Crippen LogP contribution < -0.4 is 0 Å². The summed E-state index contributed by atoms with van der Waals surface area (Å²) in [6.45, 7) is 5.21. The van der Waals surface area contributed by atoms with Crippen LogP contribution in [0.25, 0.3) is 20.4 Å². The van der Waals surface area contributed by atoms with E-state index in [-0.39, 0.29) is 0 Å². The maximum absolute atomic E-state index is 4.66. The molecule has 3 rings (SSSR count). The lowest BCUT2D eigenvalue weighted by atomic mass is 10.1. The molecule has 110 valence electrons. The maximum atomic E-state index is 4.66. The molecule has 0 aromatic carbocycles. The zero-order chi connectivity index (χ0) is 15.0. The highest BCUT2D eigenvalue weighted by Crippen LogP contribution is 2.37. The van der Waals surface area contributed by atoms with Crippen molar-refractivity contribution in [2.24, 2.45) is 0 Å². The number of thioether (sulfide) groups is 1. The second kappa shape index (κ2) is 5.87. The van der Waals surface area contributed by atoms with Gasteiger partial charge in [0.2, 0.25) is 0 Å². The molecule has 0 atom stereocenters. The number of hydrogen-bond donors (Lipinski definition) is 0. The fraction of sp³-hybridized carbons (Fsp3) is 0.400. The van der Waals surface area contributed by atoms with Gasteiger partial charge < -0.3 is 4.90 Å². The molecule has 0 N–H and O–H groups in total. The lowest BCUT2D eigenvalue weighted by Crippen LogP contribution is -2.14. The van der Waals surface area contributed by atoms with Crippen molar-refractivity contribution in [3.63, 3.8) is 0 Å². The molecule has 0 saturated carbocycles. The van der Waals surface area contributed by atoms with Crippen LogP contribution in [0.1, 0.15) is 11.3 Å². The summed E-state index contributed by atoms with van der Waals surface area (Å²) in [5.74, 6) is 1.03. The van der Waals surface area contributed by atoms with Crippen molar-refractivity contribution >= 4 is 43.5 Å². The molecule has 0 aliphatic heterocycles. The number of fused-ring (bicyclic) bond motifs is 3. The van der Waals surface area contributed by atoms with Crippen molar-refractivity contribution < 1.29 is 0 Å². The van der Waals surface area contributed by atoms with Crippen LogP contribution in [0, 0.1) is 13.8 Å². The molecule has 6 heteroatoms. The third-order valence-electron chi connectivity index (χ3n) is 3.30. The number of aryl methyl sites for hydroxylation is 2. The average molecular weight is 318 g/mol. The summed E-state index contributed by atoms with van der Waals surface area (Å²) < 4.78 is 1.16. The molecule has 0 bridgehead atoms. The molecule has 0 amide bonds. The zero-order valence-electron chi connectivity index (χ0n) is 12.7.